The number of aryl methyl sites for hydroxylation is 1. The standard InChI is InChI=1S/C12H10BrN3O/c1-2-12-15-10-4-3-9(5-11(10)17-12)16-7-8(13)6-14-16/h3-7H,2H2,1H3. The molecule has 2 heterocycles. The highest BCUT2D eigenvalue weighted by Crippen LogP contribution is 2.20. The summed E-state index contributed by atoms with van der Waals surface area (Å²) < 4.78 is 8.36. The summed E-state index contributed by atoms with van der Waals surface area (Å²) in [6, 6.07) is 5.87. The van der Waals surface area contributed by atoms with Crippen LogP contribution in [0.5, 0.6) is 0 Å². The maximum atomic E-state index is 5.62. The van der Waals surface area contributed by atoms with Crippen LogP contribution in [0.2, 0.25) is 0 Å². The van der Waals surface area contributed by atoms with Gasteiger partial charge in [-0.05, 0) is 28.1 Å². The van der Waals surface area contributed by atoms with E-state index in [0.717, 1.165) is 33.6 Å². The van der Waals surface area contributed by atoms with Gasteiger partial charge in [0.25, 0.3) is 0 Å². The van der Waals surface area contributed by atoms with Crippen molar-refractivity contribution in [3.8, 4) is 5.69 Å². The summed E-state index contributed by atoms with van der Waals surface area (Å²) in [5.74, 6) is 0.763. The van der Waals surface area contributed by atoms with Crippen molar-refractivity contribution in [3.05, 3.63) is 41.0 Å². The smallest absolute Gasteiger partial charge is 0.195 e. The lowest BCUT2D eigenvalue weighted by Gasteiger charge is -1.99. The van der Waals surface area contributed by atoms with Crippen LogP contribution in [0.1, 0.15) is 12.8 Å². The normalized spacial score (nSPS) is 11.2. The highest BCUT2D eigenvalue weighted by Gasteiger charge is 2.06. The van der Waals surface area contributed by atoms with Crippen LogP contribution in [0.25, 0.3) is 16.8 Å². The van der Waals surface area contributed by atoms with Crippen LogP contribution < -0.4 is 0 Å². The second-order valence-electron chi connectivity index (χ2n) is 3.72. The minimum atomic E-state index is 0.763. The molecule has 86 valence electrons. The van der Waals surface area contributed by atoms with Crippen molar-refractivity contribution in [1.82, 2.24) is 14.8 Å². The summed E-state index contributed by atoms with van der Waals surface area (Å²) in [5, 5.41) is 4.23. The molecule has 17 heavy (non-hydrogen) atoms. The van der Waals surface area contributed by atoms with E-state index in [1.54, 1.807) is 10.9 Å². The summed E-state index contributed by atoms with van der Waals surface area (Å²) in [7, 11) is 0. The molecule has 0 bridgehead atoms. The Balaban J connectivity index is 2.12. The van der Waals surface area contributed by atoms with E-state index in [2.05, 4.69) is 26.0 Å². The number of rotatable bonds is 2. The molecular formula is C12H10BrN3O. The fraction of sp³-hybridized carbons (Fsp3) is 0.167. The van der Waals surface area contributed by atoms with Crippen molar-refractivity contribution >= 4 is 27.0 Å². The Kier molecular flexibility index (Phi) is 2.48. The van der Waals surface area contributed by atoms with Crippen LogP contribution >= 0.6 is 15.9 Å². The largest absolute Gasteiger partial charge is 0.441 e. The highest BCUT2D eigenvalue weighted by molar-refractivity contribution is 9.10. The molecule has 0 amide bonds. The van der Waals surface area contributed by atoms with Crippen LogP contribution in [0, 0.1) is 0 Å². The van der Waals surface area contributed by atoms with Gasteiger partial charge < -0.3 is 4.42 Å². The molecule has 0 atom stereocenters. The van der Waals surface area contributed by atoms with Gasteiger partial charge in [-0.1, -0.05) is 6.92 Å². The Hall–Kier alpha value is -1.62. The zero-order valence-corrected chi connectivity index (χ0v) is 10.8. The average Bonchev–Trinajstić information content (AvgIpc) is 2.93. The topological polar surface area (TPSA) is 43.9 Å². The average molecular weight is 292 g/mol. The third-order valence-corrected chi connectivity index (χ3v) is 2.94. The first-order valence-corrected chi connectivity index (χ1v) is 6.15. The van der Waals surface area contributed by atoms with Crippen molar-refractivity contribution in [3.63, 3.8) is 0 Å². The van der Waals surface area contributed by atoms with Crippen molar-refractivity contribution in [1.29, 1.82) is 0 Å². The first-order chi connectivity index (χ1) is 8.26. The van der Waals surface area contributed by atoms with Gasteiger partial charge >= 0.3 is 0 Å². The van der Waals surface area contributed by atoms with Gasteiger partial charge in [-0.25, -0.2) is 9.67 Å². The van der Waals surface area contributed by atoms with Gasteiger partial charge in [-0.2, -0.15) is 5.10 Å². The molecule has 3 aromatic rings. The SMILES string of the molecule is CCc1nc2ccc(-n3cc(Br)cn3)cc2o1. The van der Waals surface area contributed by atoms with Gasteiger partial charge in [-0.15, -0.1) is 0 Å². The van der Waals surface area contributed by atoms with E-state index in [4.69, 9.17) is 4.42 Å². The summed E-state index contributed by atoms with van der Waals surface area (Å²) in [5.41, 5.74) is 2.64. The van der Waals surface area contributed by atoms with E-state index < -0.39 is 0 Å². The van der Waals surface area contributed by atoms with E-state index in [1.165, 1.54) is 0 Å². The molecule has 0 aliphatic rings. The number of nitrogens with zero attached hydrogens (tertiary/aromatic N) is 3. The lowest BCUT2D eigenvalue weighted by Crippen LogP contribution is -1.92. The first-order valence-electron chi connectivity index (χ1n) is 5.36. The molecule has 0 aliphatic carbocycles. The second-order valence-corrected chi connectivity index (χ2v) is 4.63. The molecule has 0 fully saturated rings. The molecule has 1 aromatic carbocycles. The Morgan fingerprint density at radius 3 is 3.00 bits per heavy atom. The Morgan fingerprint density at radius 2 is 2.29 bits per heavy atom. The van der Waals surface area contributed by atoms with E-state index in [-0.39, 0.29) is 0 Å². The highest BCUT2D eigenvalue weighted by atomic mass is 79.9. The summed E-state index contributed by atoms with van der Waals surface area (Å²) >= 11 is 3.38. The van der Waals surface area contributed by atoms with E-state index in [1.807, 2.05) is 31.3 Å². The van der Waals surface area contributed by atoms with Crippen molar-refractivity contribution in [2.75, 3.05) is 0 Å². The third kappa shape index (κ3) is 1.86. The van der Waals surface area contributed by atoms with Crippen molar-refractivity contribution in [2.24, 2.45) is 0 Å². The molecule has 0 saturated heterocycles. The molecule has 0 aliphatic heterocycles. The van der Waals surface area contributed by atoms with E-state index in [9.17, 15) is 0 Å². The predicted molar refractivity (Wildman–Crippen MR) is 68.2 cm³/mol. The Bertz CT molecular complexity index is 671. The molecule has 2 aromatic heterocycles. The number of hydrogen-bond donors (Lipinski definition) is 0. The number of oxazole rings is 1. The van der Waals surface area contributed by atoms with Crippen LogP contribution in [0.3, 0.4) is 0 Å². The zero-order chi connectivity index (χ0) is 11.8. The molecule has 0 N–H and O–H groups in total. The van der Waals surface area contributed by atoms with Crippen LogP contribution in [0.4, 0.5) is 0 Å². The minimum absolute atomic E-state index is 0.763. The monoisotopic (exact) mass is 291 g/mol. The van der Waals surface area contributed by atoms with Gasteiger partial charge in [0.2, 0.25) is 0 Å². The lowest BCUT2D eigenvalue weighted by atomic mass is 10.3. The molecule has 3 rings (SSSR count). The summed E-state index contributed by atoms with van der Waals surface area (Å²) in [4.78, 5) is 4.37. The van der Waals surface area contributed by atoms with Gasteiger partial charge in [0.1, 0.15) is 5.52 Å². The third-order valence-electron chi connectivity index (χ3n) is 2.53. The minimum Gasteiger partial charge on any atom is -0.441 e. The van der Waals surface area contributed by atoms with Crippen molar-refractivity contribution < 1.29 is 4.42 Å². The molecule has 0 unspecified atom stereocenters. The van der Waals surface area contributed by atoms with Crippen molar-refractivity contribution in [2.45, 2.75) is 13.3 Å². The summed E-state index contributed by atoms with van der Waals surface area (Å²) in [6.07, 6.45) is 4.46. The summed E-state index contributed by atoms with van der Waals surface area (Å²) in [6.45, 7) is 2.02. The molecule has 5 heteroatoms. The number of benzene rings is 1. The molecule has 4 nitrogen and oxygen atoms in total. The Morgan fingerprint density at radius 1 is 1.41 bits per heavy atom. The number of fused-ring (bicyclic) bond motifs is 1. The molecule has 0 spiro atoms. The second kappa shape index (κ2) is 4.00. The Labute approximate surface area is 106 Å². The molecule has 0 saturated carbocycles. The quantitative estimate of drug-likeness (QED) is 0.727. The fourth-order valence-corrected chi connectivity index (χ4v) is 1.98. The molecule has 0 radical (unpaired) electrons. The number of halogens is 1. The maximum Gasteiger partial charge on any atom is 0.195 e. The molecular weight excluding hydrogens is 282 g/mol. The number of aromatic nitrogens is 3. The van der Waals surface area contributed by atoms with E-state index >= 15 is 0 Å². The van der Waals surface area contributed by atoms with Crippen LogP contribution in [-0.2, 0) is 6.42 Å². The van der Waals surface area contributed by atoms with Gasteiger partial charge in [0.05, 0.1) is 16.4 Å². The first kappa shape index (κ1) is 10.5. The van der Waals surface area contributed by atoms with E-state index in [0.29, 0.717) is 0 Å². The lowest BCUT2D eigenvalue weighted by molar-refractivity contribution is 0.538. The van der Waals surface area contributed by atoms with Crippen LogP contribution in [0.15, 0.2) is 39.5 Å². The van der Waals surface area contributed by atoms with Gasteiger partial charge in [0, 0.05) is 18.7 Å². The number of hydrogen-bond acceptors (Lipinski definition) is 3. The fourth-order valence-electron chi connectivity index (χ4n) is 1.70. The predicted octanol–water partition coefficient (Wildman–Crippen LogP) is 3.34. The van der Waals surface area contributed by atoms with Gasteiger partial charge in [-0.3, -0.25) is 0 Å². The van der Waals surface area contributed by atoms with Gasteiger partial charge in [0.15, 0.2) is 11.5 Å². The maximum absolute atomic E-state index is 5.62. The zero-order valence-electron chi connectivity index (χ0n) is 9.22. The van der Waals surface area contributed by atoms with Crippen LogP contribution in [-0.4, -0.2) is 14.8 Å².